The van der Waals surface area contributed by atoms with Gasteiger partial charge in [0.15, 0.2) is 11.6 Å². The van der Waals surface area contributed by atoms with Gasteiger partial charge in [-0.1, -0.05) is 6.58 Å². The number of aromatic nitrogens is 2. The zero-order valence-corrected chi connectivity index (χ0v) is 8.88. The van der Waals surface area contributed by atoms with Crippen LogP contribution in [0.1, 0.15) is 11.4 Å². The Balaban J connectivity index is 2.74. The van der Waals surface area contributed by atoms with E-state index in [1.54, 1.807) is 0 Å². The second-order valence-electron chi connectivity index (χ2n) is 3.59. The molecule has 0 aliphatic carbocycles. The highest BCUT2D eigenvalue weighted by Crippen LogP contribution is 2.30. The summed E-state index contributed by atoms with van der Waals surface area (Å²) >= 11 is 0. The lowest BCUT2D eigenvalue weighted by molar-refractivity contribution is -0.137. The maximum atomic E-state index is 12.5. The van der Waals surface area contributed by atoms with Crippen molar-refractivity contribution in [1.29, 1.82) is 0 Å². The highest BCUT2D eigenvalue weighted by atomic mass is 19.4. The molecule has 1 aromatic heterocycles. The van der Waals surface area contributed by atoms with E-state index in [9.17, 15) is 18.0 Å². The summed E-state index contributed by atoms with van der Waals surface area (Å²) in [6.45, 7) is 3.17. The van der Waals surface area contributed by atoms with Crippen molar-refractivity contribution in [2.45, 2.75) is 6.18 Å². The van der Waals surface area contributed by atoms with Gasteiger partial charge < -0.3 is 10.1 Å². The molecular weight excluding hydrogens is 249 g/mol. The van der Waals surface area contributed by atoms with E-state index < -0.39 is 23.1 Å². The Morgan fingerprint density at radius 1 is 1.39 bits per heavy atom. The first-order valence-corrected chi connectivity index (χ1v) is 4.78. The average Bonchev–Trinajstić information content (AvgIpc) is 2.27. The van der Waals surface area contributed by atoms with E-state index in [1.807, 2.05) is 0 Å². The fourth-order valence-electron chi connectivity index (χ4n) is 1.45. The Morgan fingerprint density at radius 3 is 2.61 bits per heavy atom. The molecule has 0 bridgehead atoms. The van der Waals surface area contributed by atoms with Crippen LogP contribution in [0, 0.1) is 0 Å². The van der Waals surface area contributed by atoms with E-state index in [1.165, 1.54) is 0 Å². The molecule has 0 spiro atoms. The van der Waals surface area contributed by atoms with Crippen LogP contribution >= 0.6 is 0 Å². The SMILES string of the molecule is C=C(O)c1nc2ccc(C(F)(F)F)cc2c(=O)[nH]1. The predicted molar refractivity (Wildman–Crippen MR) is 59.0 cm³/mol. The summed E-state index contributed by atoms with van der Waals surface area (Å²) in [5, 5.41) is 8.89. The molecule has 0 aliphatic rings. The van der Waals surface area contributed by atoms with Crippen molar-refractivity contribution in [2.24, 2.45) is 0 Å². The molecular formula is C11H7F3N2O2. The summed E-state index contributed by atoms with van der Waals surface area (Å²) in [7, 11) is 0. The number of aliphatic hydroxyl groups excluding tert-OH is 1. The van der Waals surface area contributed by atoms with E-state index in [0.29, 0.717) is 6.07 Å². The third kappa shape index (κ3) is 2.06. The minimum atomic E-state index is -4.53. The minimum absolute atomic E-state index is 0.0527. The third-order valence-corrected chi connectivity index (χ3v) is 2.31. The second kappa shape index (κ2) is 3.86. The molecule has 0 amide bonds. The number of benzene rings is 1. The monoisotopic (exact) mass is 256 g/mol. The van der Waals surface area contributed by atoms with Gasteiger partial charge in [0.25, 0.3) is 5.56 Å². The average molecular weight is 256 g/mol. The second-order valence-corrected chi connectivity index (χ2v) is 3.59. The Labute approximate surface area is 98.4 Å². The van der Waals surface area contributed by atoms with Gasteiger partial charge in [-0.2, -0.15) is 13.2 Å². The Bertz CT molecular complexity index is 689. The van der Waals surface area contributed by atoms with Crippen LogP contribution in [0.5, 0.6) is 0 Å². The molecule has 1 aromatic carbocycles. The number of alkyl halides is 3. The number of rotatable bonds is 1. The number of H-pyrrole nitrogens is 1. The van der Waals surface area contributed by atoms with E-state index >= 15 is 0 Å². The number of hydrogen-bond donors (Lipinski definition) is 2. The van der Waals surface area contributed by atoms with Gasteiger partial charge in [-0.3, -0.25) is 4.79 Å². The smallest absolute Gasteiger partial charge is 0.416 e. The van der Waals surface area contributed by atoms with E-state index in [-0.39, 0.29) is 16.7 Å². The molecule has 0 atom stereocenters. The molecule has 0 saturated carbocycles. The summed E-state index contributed by atoms with van der Waals surface area (Å²) in [6.07, 6.45) is -4.53. The molecule has 1 heterocycles. The van der Waals surface area contributed by atoms with Gasteiger partial charge >= 0.3 is 6.18 Å². The molecule has 4 nitrogen and oxygen atoms in total. The van der Waals surface area contributed by atoms with Crippen LogP contribution in [0.3, 0.4) is 0 Å². The van der Waals surface area contributed by atoms with Gasteiger partial charge in [-0.05, 0) is 18.2 Å². The van der Waals surface area contributed by atoms with E-state index in [4.69, 9.17) is 5.11 Å². The van der Waals surface area contributed by atoms with Crippen molar-refractivity contribution >= 4 is 16.7 Å². The lowest BCUT2D eigenvalue weighted by atomic mass is 10.1. The van der Waals surface area contributed by atoms with Gasteiger partial charge in [0.1, 0.15) is 0 Å². The van der Waals surface area contributed by atoms with Crippen LogP contribution in [-0.4, -0.2) is 15.1 Å². The quantitative estimate of drug-likeness (QED) is 0.770. The largest absolute Gasteiger partial charge is 0.505 e. The van der Waals surface area contributed by atoms with Gasteiger partial charge in [0.2, 0.25) is 0 Å². The van der Waals surface area contributed by atoms with Crippen molar-refractivity contribution < 1.29 is 18.3 Å². The highest BCUT2D eigenvalue weighted by Gasteiger charge is 2.30. The number of halogens is 3. The summed E-state index contributed by atoms with van der Waals surface area (Å²) in [6, 6.07) is 2.60. The Morgan fingerprint density at radius 2 is 2.06 bits per heavy atom. The number of fused-ring (bicyclic) bond motifs is 1. The number of aliphatic hydroxyl groups is 1. The summed E-state index contributed by atoms with van der Waals surface area (Å²) in [4.78, 5) is 17.5. The lowest BCUT2D eigenvalue weighted by Gasteiger charge is -2.07. The van der Waals surface area contributed by atoms with Crippen molar-refractivity contribution in [3.05, 3.63) is 46.5 Å². The summed E-state index contributed by atoms with van der Waals surface area (Å²) in [5.74, 6) is -0.638. The minimum Gasteiger partial charge on any atom is -0.505 e. The Hall–Kier alpha value is -2.31. The topological polar surface area (TPSA) is 66.0 Å². The van der Waals surface area contributed by atoms with E-state index in [0.717, 1.165) is 12.1 Å². The molecule has 2 aromatic rings. The number of nitrogens with zero attached hydrogens (tertiary/aromatic N) is 1. The Kier molecular flexibility index (Phi) is 2.61. The van der Waals surface area contributed by atoms with Crippen LogP contribution in [0.4, 0.5) is 13.2 Å². The standard InChI is InChI=1S/C11H7F3N2O2/c1-5(17)9-15-8-3-2-6(11(12,13)14)4-7(8)10(18)16-9/h2-4,17H,1H2,(H,15,16,18). The predicted octanol–water partition coefficient (Wildman–Crippen LogP) is 2.47. The maximum absolute atomic E-state index is 12.5. The normalized spacial score (nSPS) is 11.7. The van der Waals surface area contributed by atoms with Gasteiger partial charge in [-0.15, -0.1) is 0 Å². The first-order chi connectivity index (χ1) is 8.29. The van der Waals surface area contributed by atoms with Crippen LogP contribution in [0.25, 0.3) is 16.7 Å². The maximum Gasteiger partial charge on any atom is 0.416 e. The number of aromatic amines is 1. The van der Waals surface area contributed by atoms with E-state index in [2.05, 4.69) is 16.5 Å². The van der Waals surface area contributed by atoms with Gasteiger partial charge in [0.05, 0.1) is 16.5 Å². The summed E-state index contributed by atoms with van der Waals surface area (Å²) < 4.78 is 37.4. The first-order valence-electron chi connectivity index (χ1n) is 4.78. The summed E-state index contributed by atoms with van der Waals surface area (Å²) in [5.41, 5.74) is -1.65. The molecule has 2 rings (SSSR count). The van der Waals surface area contributed by atoms with Crippen LogP contribution in [0.2, 0.25) is 0 Å². The van der Waals surface area contributed by atoms with Crippen LogP contribution in [-0.2, 0) is 6.18 Å². The number of hydrogen-bond acceptors (Lipinski definition) is 3. The third-order valence-electron chi connectivity index (χ3n) is 2.31. The van der Waals surface area contributed by atoms with Gasteiger partial charge in [0, 0.05) is 0 Å². The first kappa shape index (κ1) is 12.2. The van der Waals surface area contributed by atoms with Crippen LogP contribution in [0.15, 0.2) is 29.6 Å². The van der Waals surface area contributed by atoms with Crippen molar-refractivity contribution in [1.82, 2.24) is 9.97 Å². The highest BCUT2D eigenvalue weighted by molar-refractivity contribution is 5.79. The zero-order valence-electron chi connectivity index (χ0n) is 8.88. The molecule has 2 N–H and O–H groups in total. The molecule has 0 aliphatic heterocycles. The fourth-order valence-corrected chi connectivity index (χ4v) is 1.45. The molecule has 18 heavy (non-hydrogen) atoms. The molecule has 7 heteroatoms. The van der Waals surface area contributed by atoms with Gasteiger partial charge in [-0.25, -0.2) is 4.98 Å². The molecule has 0 saturated heterocycles. The lowest BCUT2D eigenvalue weighted by Crippen LogP contribution is -2.13. The molecule has 0 unspecified atom stereocenters. The van der Waals surface area contributed by atoms with Crippen molar-refractivity contribution in [3.63, 3.8) is 0 Å². The molecule has 0 fully saturated rings. The molecule has 94 valence electrons. The van der Waals surface area contributed by atoms with Crippen LogP contribution < -0.4 is 5.56 Å². The molecule has 0 radical (unpaired) electrons. The number of nitrogens with one attached hydrogen (secondary N) is 1. The fraction of sp³-hybridized carbons (Fsp3) is 0.0909. The zero-order chi connectivity index (χ0) is 13.5. The van der Waals surface area contributed by atoms with Crippen molar-refractivity contribution in [2.75, 3.05) is 0 Å². The van der Waals surface area contributed by atoms with Crippen molar-refractivity contribution in [3.8, 4) is 0 Å².